The number of hydrogen-bond acceptors (Lipinski definition) is 6. The molecule has 0 aromatic carbocycles. The Morgan fingerprint density at radius 3 is 2.78 bits per heavy atom. The Kier molecular flexibility index (Phi) is 4.84. The van der Waals surface area contributed by atoms with E-state index >= 15 is 0 Å². The quantitative estimate of drug-likeness (QED) is 0.471. The molecule has 0 saturated carbocycles. The lowest BCUT2D eigenvalue weighted by molar-refractivity contribution is 0.837. The highest BCUT2D eigenvalue weighted by molar-refractivity contribution is 7.99. The largest absolute Gasteiger partial charge is 0.310 e. The van der Waals surface area contributed by atoms with Crippen LogP contribution in [0.3, 0.4) is 0 Å². The van der Waals surface area contributed by atoms with E-state index in [-0.39, 0.29) is 5.28 Å². The van der Waals surface area contributed by atoms with Crippen molar-refractivity contribution in [1.29, 1.82) is 0 Å². The van der Waals surface area contributed by atoms with Crippen molar-refractivity contribution in [2.45, 2.75) is 25.2 Å². The molecule has 4 aromatic rings. The van der Waals surface area contributed by atoms with Gasteiger partial charge in [0, 0.05) is 18.1 Å². The van der Waals surface area contributed by atoms with E-state index in [1.54, 1.807) is 22.8 Å². The second-order valence-electron chi connectivity index (χ2n) is 6.17. The Labute approximate surface area is 165 Å². The Hall–Kier alpha value is -2.45. The minimum Gasteiger partial charge on any atom is -0.310 e. The van der Waals surface area contributed by atoms with E-state index in [1.807, 2.05) is 42.9 Å². The molecule has 0 fully saturated rings. The van der Waals surface area contributed by atoms with Gasteiger partial charge in [0.25, 0.3) is 0 Å². The van der Waals surface area contributed by atoms with Crippen LogP contribution in [0, 0.1) is 6.92 Å². The molecule has 7 nitrogen and oxygen atoms in total. The number of rotatable bonds is 5. The molecule has 0 atom stereocenters. The summed E-state index contributed by atoms with van der Waals surface area (Å²) in [5, 5.41) is 4.33. The van der Waals surface area contributed by atoms with Crippen molar-refractivity contribution in [3.8, 4) is 17.3 Å². The van der Waals surface area contributed by atoms with E-state index in [9.17, 15) is 0 Å². The number of aryl methyl sites for hydroxylation is 2. The molecular formula is C18H18ClN7S. The Morgan fingerprint density at radius 2 is 2.04 bits per heavy atom. The van der Waals surface area contributed by atoms with E-state index in [4.69, 9.17) is 21.6 Å². The topological polar surface area (TPSA) is 74.3 Å². The number of nitrogens with zero attached hydrogens (tertiary/aromatic N) is 7. The monoisotopic (exact) mass is 399 g/mol. The van der Waals surface area contributed by atoms with Crippen LogP contribution >= 0.6 is 23.4 Å². The number of aromatic nitrogens is 7. The van der Waals surface area contributed by atoms with Gasteiger partial charge in [-0.3, -0.25) is 0 Å². The first kappa shape index (κ1) is 17.9. The number of fused-ring (bicyclic) bond motifs is 1. The summed E-state index contributed by atoms with van der Waals surface area (Å²) in [7, 11) is 1.96. The molecule has 4 aromatic heterocycles. The van der Waals surface area contributed by atoms with Gasteiger partial charge in [0.1, 0.15) is 17.5 Å². The first-order valence-electron chi connectivity index (χ1n) is 8.57. The van der Waals surface area contributed by atoms with Crippen molar-refractivity contribution in [3.05, 3.63) is 41.6 Å². The second-order valence-corrected chi connectivity index (χ2v) is 7.65. The molecule has 0 radical (unpaired) electrons. The summed E-state index contributed by atoms with van der Waals surface area (Å²) >= 11 is 7.63. The molecule has 27 heavy (non-hydrogen) atoms. The molecule has 0 N–H and O–H groups in total. The van der Waals surface area contributed by atoms with E-state index in [0.29, 0.717) is 5.82 Å². The molecule has 0 unspecified atom stereocenters. The fourth-order valence-electron chi connectivity index (χ4n) is 2.79. The molecule has 4 heterocycles. The van der Waals surface area contributed by atoms with Crippen LogP contribution in [0.25, 0.3) is 28.5 Å². The normalized spacial score (nSPS) is 11.4. The van der Waals surface area contributed by atoms with Gasteiger partial charge in [0.05, 0.1) is 0 Å². The molecule has 0 saturated heterocycles. The zero-order valence-electron chi connectivity index (χ0n) is 15.2. The highest BCUT2D eigenvalue weighted by Gasteiger charge is 2.18. The highest BCUT2D eigenvalue weighted by atomic mass is 35.5. The SMILES string of the molecule is CCCSc1ccc(-n2cnc(Cl)n2)nc1-c1nc2cc(C)cnc2n1C. The Balaban J connectivity index is 1.89. The summed E-state index contributed by atoms with van der Waals surface area (Å²) in [5.41, 5.74) is 3.57. The number of halogens is 1. The molecular weight excluding hydrogens is 382 g/mol. The smallest absolute Gasteiger partial charge is 0.242 e. The maximum absolute atomic E-state index is 5.86. The van der Waals surface area contributed by atoms with Crippen molar-refractivity contribution in [2.75, 3.05) is 5.75 Å². The van der Waals surface area contributed by atoms with Gasteiger partial charge in [-0.25, -0.2) is 24.6 Å². The summed E-state index contributed by atoms with van der Waals surface area (Å²) in [6.45, 7) is 4.17. The van der Waals surface area contributed by atoms with Gasteiger partial charge >= 0.3 is 0 Å². The summed E-state index contributed by atoms with van der Waals surface area (Å²) in [6.07, 6.45) is 4.47. The van der Waals surface area contributed by atoms with Crippen LogP contribution < -0.4 is 0 Å². The van der Waals surface area contributed by atoms with Crippen molar-refractivity contribution in [2.24, 2.45) is 7.05 Å². The summed E-state index contributed by atoms with van der Waals surface area (Å²) in [5.74, 6) is 2.42. The van der Waals surface area contributed by atoms with Crippen molar-refractivity contribution in [3.63, 3.8) is 0 Å². The zero-order valence-corrected chi connectivity index (χ0v) is 16.8. The molecule has 4 rings (SSSR count). The third kappa shape index (κ3) is 3.42. The molecule has 9 heteroatoms. The molecule has 0 aliphatic heterocycles. The first-order valence-corrected chi connectivity index (χ1v) is 9.94. The first-order chi connectivity index (χ1) is 13.1. The highest BCUT2D eigenvalue weighted by Crippen LogP contribution is 2.32. The van der Waals surface area contributed by atoms with Gasteiger partial charge in [-0.2, -0.15) is 0 Å². The van der Waals surface area contributed by atoms with E-state index in [1.165, 1.54) is 0 Å². The van der Waals surface area contributed by atoms with Crippen LogP contribution in [-0.4, -0.2) is 40.0 Å². The van der Waals surface area contributed by atoms with Crippen molar-refractivity contribution in [1.82, 2.24) is 34.3 Å². The maximum Gasteiger partial charge on any atom is 0.242 e. The van der Waals surface area contributed by atoms with E-state index in [2.05, 4.69) is 22.0 Å². The van der Waals surface area contributed by atoms with Crippen LogP contribution in [0.15, 0.2) is 35.6 Å². The molecule has 0 bridgehead atoms. The van der Waals surface area contributed by atoms with Crippen LogP contribution in [0.5, 0.6) is 0 Å². The third-order valence-electron chi connectivity index (χ3n) is 4.06. The van der Waals surface area contributed by atoms with E-state index in [0.717, 1.165) is 45.3 Å². The number of pyridine rings is 2. The molecule has 0 aliphatic carbocycles. The number of thioether (sulfide) groups is 1. The zero-order chi connectivity index (χ0) is 19.0. The van der Waals surface area contributed by atoms with E-state index < -0.39 is 0 Å². The summed E-state index contributed by atoms with van der Waals surface area (Å²) in [6, 6.07) is 5.99. The molecule has 0 aliphatic rings. The third-order valence-corrected chi connectivity index (χ3v) is 5.49. The lowest BCUT2D eigenvalue weighted by atomic mass is 10.3. The van der Waals surface area contributed by atoms with Crippen molar-refractivity contribution >= 4 is 34.5 Å². The standard InChI is InChI=1S/C18H18ClN7S/c1-4-7-27-13-5-6-14(26-10-21-18(19)24-26)23-15(13)17-22-12-8-11(2)9-20-16(12)25(17)3/h5-6,8-10H,4,7H2,1-3H3. The molecule has 0 amide bonds. The minimum atomic E-state index is 0.185. The van der Waals surface area contributed by atoms with Gasteiger partial charge in [0.2, 0.25) is 5.28 Å². The minimum absolute atomic E-state index is 0.185. The van der Waals surface area contributed by atoms with Crippen molar-refractivity contribution < 1.29 is 0 Å². The van der Waals surface area contributed by atoms with Crippen LogP contribution in [0.4, 0.5) is 0 Å². The van der Waals surface area contributed by atoms with Gasteiger partial charge in [0.15, 0.2) is 17.3 Å². The second kappa shape index (κ2) is 7.28. The number of imidazole rings is 1. The predicted molar refractivity (Wildman–Crippen MR) is 107 cm³/mol. The maximum atomic E-state index is 5.86. The van der Waals surface area contributed by atoms with Crippen LogP contribution in [-0.2, 0) is 7.05 Å². The fraction of sp³-hybridized carbons (Fsp3) is 0.278. The van der Waals surface area contributed by atoms with Crippen LogP contribution in [0.1, 0.15) is 18.9 Å². The lowest BCUT2D eigenvalue weighted by Crippen LogP contribution is -2.03. The Bertz CT molecular complexity index is 1120. The lowest BCUT2D eigenvalue weighted by Gasteiger charge is -2.10. The average molecular weight is 400 g/mol. The fourth-order valence-corrected chi connectivity index (χ4v) is 3.78. The van der Waals surface area contributed by atoms with Gasteiger partial charge < -0.3 is 4.57 Å². The molecule has 0 spiro atoms. The Morgan fingerprint density at radius 1 is 1.19 bits per heavy atom. The predicted octanol–water partition coefficient (Wildman–Crippen LogP) is 4.07. The number of hydrogen-bond donors (Lipinski definition) is 0. The van der Waals surface area contributed by atoms with Crippen LogP contribution in [0.2, 0.25) is 5.28 Å². The summed E-state index contributed by atoms with van der Waals surface area (Å²) in [4.78, 5) is 19.2. The van der Waals surface area contributed by atoms with Gasteiger partial charge in [-0.05, 0) is 54.5 Å². The van der Waals surface area contributed by atoms with Gasteiger partial charge in [-0.15, -0.1) is 16.9 Å². The van der Waals surface area contributed by atoms with Gasteiger partial charge in [-0.1, -0.05) is 6.92 Å². The average Bonchev–Trinajstić information content (AvgIpc) is 3.23. The molecule has 138 valence electrons. The summed E-state index contributed by atoms with van der Waals surface area (Å²) < 4.78 is 3.54.